The number of nitrogens with two attached hydrogens (primary N) is 1. The summed E-state index contributed by atoms with van der Waals surface area (Å²) in [4.78, 5) is 7.16. The molecule has 0 saturated heterocycles. The normalized spacial score (nSPS) is 17.4. The summed E-state index contributed by atoms with van der Waals surface area (Å²) in [5, 5.41) is 0. The summed E-state index contributed by atoms with van der Waals surface area (Å²) < 4.78 is 0. The Bertz CT molecular complexity index is 337. The van der Waals surface area contributed by atoms with E-state index in [0.29, 0.717) is 5.92 Å². The van der Waals surface area contributed by atoms with Crippen molar-refractivity contribution in [3.05, 3.63) is 21.9 Å². The topological polar surface area (TPSA) is 38.4 Å². The fourth-order valence-corrected chi connectivity index (χ4v) is 2.26. The Morgan fingerprint density at radius 3 is 2.79 bits per heavy atom. The molecular weight excluding hydrogens is 192 g/mol. The molecule has 0 unspecified atom stereocenters. The average Bonchev–Trinajstić information content (AvgIpc) is 2.94. The summed E-state index contributed by atoms with van der Waals surface area (Å²) in [5.41, 5.74) is 5.82. The van der Waals surface area contributed by atoms with Crippen molar-refractivity contribution in [2.45, 2.75) is 32.7 Å². The molecule has 1 aliphatic rings. The van der Waals surface area contributed by atoms with Crippen LogP contribution in [0.3, 0.4) is 0 Å². The van der Waals surface area contributed by atoms with Crippen molar-refractivity contribution in [1.82, 2.24) is 0 Å². The Morgan fingerprint density at radius 2 is 2.21 bits per heavy atom. The Balaban J connectivity index is 1.93. The molecule has 14 heavy (non-hydrogen) atoms. The van der Waals surface area contributed by atoms with Gasteiger partial charge in [0.05, 0.1) is 12.4 Å². The van der Waals surface area contributed by atoms with Crippen LogP contribution in [-0.2, 0) is 13.0 Å². The first kappa shape index (κ1) is 9.71. The number of hydrogen-bond acceptors (Lipinski definition) is 2. The molecular formula is C11H16N2S. The molecule has 0 amide bonds. The summed E-state index contributed by atoms with van der Waals surface area (Å²) in [5.74, 6) is 1.46. The second-order valence-electron chi connectivity index (χ2n) is 3.74. The second-order valence-corrected chi connectivity index (χ2v) is 4.99. The highest BCUT2D eigenvalue weighted by Crippen LogP contribution is 2.29. The van der Waals surface area contributed by atoms with Crippen LogP contribution < -0.4 is 5.73 Å². The van der Waals surface area contributed by atoms with E-state index in [4.69, 9.17) is 5.73 Å². The summed E-state index contributed by atoms with van der Waals surface area (Å²) in [6.07, 6.45) is 3.59. The zero-order valence-electron chi connectivity index (χ0n) is 8.49. The smallest absolute Gasteiger partial charge is 0.0972 e. The summed E-state index contributed by atoms with van der Waals surface area (Å²) in [7, 11) is 0. The van der Waals surface area contributed by atoms with E-state index < -0.39 is 0 Å². The van der Waals surface area contributed by atoms with Crippen LogP contribution in [-0.4, -0.2) is 5.84 Å². The number of hydrogen-bond donors (Lipinski definition) is 1. The molecule has 2 rings (SSSR count). The molecule has 1 aromatic rings. The van der Waals surface area contributed by atoms with Gasteiger partial charge in [0.1, 0.15) is 0 Å². The van der Waals surface area contributed by atoms with Gasteiger partial charge in [-0.3, -0.25) is 4.99 Å². The standard InChI is InChI=1S/C11H16N2S/c1-2-9-5-6-10(14-9)7-13-11(12)8-3-4-8/h5-6,8H,2-4,7H2,1H3,(H2,12,13). The molecule has 2 N–H and O–H groups in total. The number of rotatable bonds is 4. The SMILES string of the molecule is CCc1ccc(CN=C(N)C2CC2)s1. The Kier molecular flexibility index (Phi) is 2.87. The summed E-state index contributed by atoms with van der Waals surface area (Å²) >= 11 is 1.84. The second kappa shape index (κ2) is 4.13. The molecule has 0 atom stereocenters. The number of thiophene rings is 1. The van der Waals surface area contributed by atoms with Gasteiger partial charge in [0.2, 0.25) is 0 Å². The molecule has 0 aromatic carbocycles. The van der Waals surface area contributed by atoms with Gasteiger partial charge in [0.25, 0.3) is 0 Å². The first-order valence-electron chi connectivity index (χ1n) is 5.17. The van der Waals surface area contributed by atoms with Gasteiger partial charge in [0, 0.05) is 15.7 Å². The Labute approximate surface area is 88.9 Å². The van der Waals surface area contributed by atoms with Gasteiger partial charge in [0.15, 0.2) is 0 Å². The fourth-order valence-electron chi connectivity index (χ4n) is 1.37. The minimum atomic E-state index is 0.598. The van der Waals surface area contributed by atoms with E-state index in [-0.39, 0.29) is 0 Å². The van der Waals surface area contributed by atoms with Gasteiger partial charge < -0.3 is 5.73 Å². The lowest BCUT2D eigenvalue weighted by molar-refractivity contribution is 1.04. The predicted octanol–water partition coefficient (Wildman–Crippen LogP) is 2.58. The van der Waals surface area contributed by atoms with Gasteiger partial charge in [-0.05, 0) is 31.4 Å². The van der Waals surface area contributed by atoms with Crippen LogP contribution in [0.5, 0.6) is 0 Å². The van der Waals surface area contributed by atoms with Crippen LogP contribution in [0.15, 0.2) is 17.1 Å². The maximum atomic E-state index is 5.82. The highest BCUT2D eigenvalue weighted by Gasteiger charge is 2.25. The summed E-state index contributed by atoms with van der Waals surface area (Å²) in [6.45, 7) is 2.95. The third-order valence-electron chi connectivity index (χ3n) is 2.48. The predicted molar refractivity (Wildman–Crippen MR) is 61.7 cm³/mol. The minimum absolute atomic E-state index is 0.598. The van der Waals surface area contributed by atoms with Gasteiger partial charge in [-0.1, -0.05) is 6.92 Å². The van der Waals surface area contributed by atoms with Crippen molar-refractivity contribution in [3.63, 3.8) is 0 Å². The molecule has 0 radical (unpaired) electrons. The molecule has 0 aliphatic heterocycles. The van der Waals surface area contributed by atoms with E-state index in [2.05, 4.69) is 24.0 Å². The highest BCUT2D eigenvalue weighted by atomic mass is 32.1. The molecule has 1 saturated carbocycles. The van der Waals surface area contributed by atoms with Crippen LogP contribution >= 0.6 is 11.3 Å². The van der Waals surface area contributed by atoms with Crippen molar-refractivity contribution in [1.29, 1.82) is 0 Å². The van der Waals surface area contributed by atoms with Gasteiger partial charge in [-0.15, -0.1) is 11.3 Å². The maximum Gasteiger partial charge on any atom is 0.0972 e. The summed E-state index contributed by atoms with van der Waals surface area (Å²) in [6, 6.07) is 4.34. The first-order chi connectivity index (χ1) is 6.79. The van der Waals surface area contributed by atoms with Crippen LogP contribution in [0.4, 0.5) is 0 Å². The van der Waals surface area contributed by atoms with Gasteiger partial charge in [-0.2, -0.15) is 0 Å². The number of aryl methyl sites for hydroxylation is 1. The van der Waals surface area contributed by atoms with E-state index in [1.165, 1.54) is 22.6 Å². The van der Waals surface area contributed by atoms with Crippen molar-refractivity contribution in [2.24, 2.45) is 16.6 Å². The van der Waals surface area contributed by atoms with Crippen LogP contribution in [0, 0.1) is 5.92 Å². The monoisotopic (exact) mass is 208 g/mol. The van der Waals surface area contributed by atoms with Crippen molar-refractivity contribution in [2.75, 3.05) is 0 Å². The maximum absolute atomic E-state index is 5.82. The third-order valence-corrected chi connectivity index (χ3v) is 3.69. The largest absolute Gasteiger partial charge is 0.387 e. The van der Waals surface area contributed by atoms with E-state index >= 15 is 0 Å². The highest BCUT2D eigenvalue weighted by molar-refractivity contribution is 7.11. The quantitative estimate of drug-likeness (QED) is 0.599. The third kappa shape index (κ3) is 2.35. The molecule has 1 aromatic heterocycles. The van der Waals surface area contributed by atoms with Gasteiger partial charge >= 0.3 is 0 Å². The fraction of sp³-hybridized carbons (Fsp3) is 0.545. The zero-order chi connectivity index (χ0) is 9.97. The molecule has 0 spiro atoms. The molecule has 1 heterocycles. The van der Waals surface area contributed by atoms with Crippen LogP contribution in [0.25, 0.3) is 0 Å². The molecule has 1 fully saturated rings. The molecule has 2 nitrogen and oxygen atoms in total. The lowest BCUT2D eigenvalue weighted by atomic mass is 10.3. The Morgan fingerprint density at radius 1 is 1.50 bits per heavy atom. The van der Waals surface area contributed by atoms with Crippen LogP contribution in [0.2, 0.25) is 0 Å². The minimum Gasteiger partial charge on any atom is -0.387 e. The lowest BCUT2D eigenvalue weighted by Gasteiger charge is -1.95. The van der Waals surface area contributed by atoms with E-state index in [1.807, 2.05) is 11.3 Å². The van der Waals surface area contributed by atoms with Crippen LogP contribution in [0.1, 0.15) is 29.5 Å². The molecule has 0 bridgehead atoms. The van der Waals surface area contributed by atoms with Gasteiger partial charge in [-0.25, -0.2) is 0 Å². The molecule has 1 aliphatic carbocycles. The first-order valence-corrected chi connectivity index (χ1v) is 5.98. The van der Waals surface area contributed by atoms with E-state index in [1.54, 1.807) is 0 Å². The van der Waals surface area contributed by atoms with E-state index in [9.17, 15) is 0 Å². The average molecular weight is 208 g/mol. The number of amidine groups is 1. The number of aliphatic imine (C=N–C) groups is 1. The number of nitrogens with zero attached hydrogens (tertiary/aromatic N) is 1. The van der Waals surface area contributed by atoms with Crippen molar-refractivity contribution < 1.29 is 0 Å². The van der Waals surface area contributed by atoms with Crippen molar-refractivity contribution >= 4 is 17.2 Å². The van der Waals surface area contributed by atoms with E-state index in [0.717, 1.165) is 18.8 Å². The zero-order valence-corrected chi connectivity index (χ0v) is 9.31. The Hall–Kier alpha value is -0.830. The lowest BCUT2D eigenvalue weighted by Crippen LogP contribution is -2.13. The molecule has 76 valence electrons. The molecule has 3 heteroatoms. The van der Waals surface area contributed by atoms with Crippen molar-refractivity contribution in [3.8, 4) is 0 Å².